The number of hydrogen-bond donors (Lipinski definition) is 0. The predicted octanol–water partition coefficient (Wildman–Crippen LogP) is 3.05. The number of hydrogen-bond acceptors (Lipinski definition) is 3. The largest absolute Gasteiger partial charge is 0.493 e. The average Bonchev–Trinajstić information content (AvgIpc) is 2.77. The predicted molar refractivity (Wildman–Crippen MR) is 74.9 cm³/mol. The van der Waals surface area contributed by atoms with E-state index in [0.29, 0.717) is 5.56 Å². The van der Waals surface area contributed by atoms with Crippen LogP contribution in [-0.2, 0) is 13.5 Å². The van der Waals surface area contributed by atoms with E-state index in [1.54, 1.807) is 10.9 Å². The van der Waals surface area contributed by atoms with Crippen molar-refractivity contribution in [3.05, 3.63) is 33.9 Å². The second kappa shape index (κ2) is 4.71. The molecule has 0 amide bonds. The van der Waals surface area contributed by atoms with E-state index in [1.807, 2.05) is 19.2 Å². The van der Waals surface area contributed by atoms with Crippen LogP contribution in [0.2, 0.25) is 0 Å². The molecule has 0 atom stereocenters. The number of ether oxygens (including phenoxy) is 1. The van der Waals surface area contributed by atoms with Gasteiger partial charge in [0.25, 0.3) is 0 Å². The molecule has 0 spiro atoms. The van der Waals surface area contributed by atoms with Crippen LogP contribution in [0, 0.1) is 11.3 Å². The number of halogens is 1. The molecule has 0 N–H and O–H groups in total. The van der Waals surface area contributed by atoms with Gasteiger partial charge in [-0.15, -0.1) is 0 Å². The first-order valence-corrected chi connectivity index (χ1v) is 6.88. The zero-order chi connectivity index (χ0) is 13.4. The molecule has 19 heavy (non-hydrogen) atoms. The maximum Gasteiger partial charge on any atom is 0.123 e. The Hall–Kier alpha value is -1.80. The molecule has 2 aromatic rings. The van der Waals surface area contributed by atoms with Crippen LogP contribution in [0.4, 0.5) is 0 Å². The van der Waals surface area contributed by atoms with Crippen LogP contribution in [0.3, 0.4) is 0 Å². The fraction of sp³-hybridized carbons (Fsp3) is 0.286. The molecule has 1 aromatic heterocycles. The van der Waals surface area contributed by atoms with Gasteiger partial charge < -0.3 is 4.74 Å². The van der Waals surface area contributed by atoms with Gasteiger partial charge >= 0.3 is 0 Å². The van der Waals surface area contributed by atoms with Crippen LogP contribution >= 0.6 is 15.9 Å². The highest BCUT2D eigenvalue weighted by Gasteiger charge is 2.21. The molecule has 2 heterocycles. The third-order valence-corrected chi connectivity index (χ3v) is 3.94. The van der Waals surface area contributed by atoms with E-state index in [4.69, 9.17) is 4.74 Å². The van der Waals surface area contributed by atoms with E-state index in [2.05, 4.69) is 27.1 Å². The van der Waals surface area contributed by atoms with E-state index in [1.165, 1.54) is 0 Å². The first-order chi connectivity index (χ1) is 9.22. The number of nitriles is 1. The maximum atomic E-state index is 9.50. The molecule has 0 aliphatic carbocycles. The molecule has 0 radical (unpaired) electrons. The Morgan fingerprint density at radius 2 is 2.32 bits per heavy atom. The second-order valence-electron chi connectivity index (χ2n) is 4.49. The average molecular weight is 318 g/mol. The van der Waals surface area contributed by atoms with Gasteiger partial charge in [-0.05, 0) is 40.9 Å². The van der Waals surface area contributed by atoms with E-state index in [0.717, 1.165) is 46.5 Å². The standard InChI is InChI=1S/C14H12BrN3O/c1-18-14(12(15)8-17-18)10-4-5-13-9(11(10)7-16)3-2-6-19-13/h4-5,8H,2-3,6H2,1H3. The molecule has 0 saturated heterocycles. The number of nitrogens with zero attached hydrogens (tertiary/aromatic N) is 3. The summed E-state index contributed by atoms with van der Waals surface area (Å²) in [6.45, 7) is 0.729. The van der Waals surface area contributed by atoms with Crippen LogP contribution in [0.15, 0.2) is 22.8 Å². The Balaban J connectivity index is 2.26. The van der Waals surface area contributed by atoms with Gasteiger partial charge in [0.2, 0.25) is 0 Å². The van der Waals surface area contributed by atoms with Gasteiger partial charge in [-0.25, -0.2) is 0 Å². The number of aryl methyl sites for hydroxylation is 1. The molecule has 0 fully saturated rings. The van der Waals surface area contributed by atoms with Crippen molar-refractivity contribution in [3.8, 4) is 23.1 Å². The summed E-state index contributed by atoms with van der Waals surface area (Å²) in [4.78, 5) is 0. The third kappa shape index (κ3) is 1.92. The van der Waals surface area contributed by atoms with Crippen molar-refractivity contribution in [2.45, 2.75) is 12.8 Å². The Morgan fingerprint density at radius 3 is 3.00 bits per heavy atom. The molecule has 96 valence electrons. The highest BCUT2D eigenvalue weighted by molar-refractivity contribution is 9.10. The van der Waals surface area contributed by atoms with Crippen LogP contribution in [0.25, 0.3) is 11.3 Å². The summed E-state index contributed by atoms with van der Waals surface area (Å²) in [5, 5.41) is 13.7. The first kappa shape index (κ1) is 12.2. The fourth-order valence-corrected chi connectivity index (χ4v) is 3.04. The Kier molecular flexibility index (Phi) is 3.03. The molecule has 1 aliphatic rings. The smallest absolute Gasteiger partial charge is 0.123 e. The minimum atomic E-state index is 0.696. The summed E-state index contributed by atoms with van der Waals surface area (Å²) in [7, 11) is 1.87. The van der Waals surface area contributed by atoms with Crippen molar-refractivity contribution in [2.24, 2.45) is 7.05 Å². The van der Waals surface area contributed by atoms with Crippen LogP contribution in [0.1, 0.15) is 17.5 Å². The summed E-state index contributed by atoms with van der Waals surface area (Å²) < 4.78 is 8.28. The molecular weight excluding hydrogens is 306 g/mol. The molecule has 1 aromatic carbocycles. The minimum absolute atomic E-state index is 0.696. The number of rotatable bonds is 1. The third-order valence-electron chi connectivity index (χ3n) is 3.36. The Bertz CT molecular complexity index is 665. The van der Waals surface area contributed by atoms with Gasteiger partial charge in [0, 0.05) is 18.2 Å². The first-order valence-electron chi connectivity index (χ1n) is 6.09. The van der Waals surface area contributed by atoms with Gasteiger partial charge in [0.1, 0.15) is 11.8 Å². The van der Waals surface area contributed by atoms with E-state index >= 15 is 0 Å². The van der Waals surface area contributed by atoms with Crippen molar-refractivity contribution in [3.63, 3.8) is 0 Å². The number of benzene rings is 1. The molecule has 0 saturated carbocycles. The second-order valence-corrected chi connectivity index (χ2v) is 5.35. The van der Waals surface area contributed by atoms with E-state index < -0.39 is 0 Å². The lowest BCUT2D eigenvalue weighted by Gasteiger charge is -2.20. The highest BCUT2D eigenvalue weighted by Crippen LogP contribution is 2.37. The SMILES string of the molecule is Cn1ncc(Br)c1-c1ccc2c(c1C#N)CCCO2. The highest BCUT2D eigenvalue weighted by atomic mass is 79.9. The van der Waals surface area contributed by atoms with Crippen molar-refractivity contribution in [1.82, 2.24) is 9.78 Å². The quantitative estimate of drug-likeness (QED) is 0.812. The van der Waals surface area contributed by atoms with Crippen LogP contribution in [0.5, 0.6) is 5.75 Å². The van der Waals surface area contributed by atoms with Gasteiger partial charge in [-0.2, -0.15) is 10.4 Å². The Morgan fingerprint density at radius 1 is 1.47 bits per heavy atom. The van der Waals surface area contributed by atoms with Crippen molar-refractivity contribution in [1.29, 1.82) is 5.26 Å². The lowest BCUT2D eigenvalue weighted by Crippen LogP contribution is -2.11. The van der Waals surface area contributed by atoms with E-state index in [9.17, 15) is 5.26 Å². The van der Waals surface area contributed by atoms with Gasteiger partial charge in [0.05, 0.1) is 28.5 Å². The maximum absolute atomic E-state index is 9.50. The van der Waals surface area contributed by atoms with E-state index in [-0.39, 0.29) is 0 Å². The summed E-state index contributed by atoms with van der Waals surface area (Å²) in [6.07, 6.45) is 3.59. The summed E-state index contributed by atoms with van der Waals surface area (Å²) >= 11 is 3.49. The zero-order valence-corrected chi connectivity index (χ0v) is 12.1. The van der Waals surface area contributed by atoms with Gasteiger partial charge in [-0.1, -0.05) is 0 Å². The Labute approximate surface area is 119 Å². The number of aromatic nitrogens is 2. The summed E-state index contributed by atoms with van der Waals surface area (Å²) in [5.74, 6) is 0.838. The van der Waals surface area contributed by atoms with Crippen LogP contribution in [-0.4, -0.2) is 16.4 Å². The topological polar surface area (TPSA) is 50.8 Å². The van der Waals surface area contributed by atoms with Gasteiger partial charge in [-0.3, -0.25) is 4.68 Å². The monoisotopic (exact) mass is 317 g/mol. The lowest BCUT2D eigenvalue weighted by molar-refractivity contribution is 0.288. The van der Waals surface area contributed by atoms with Crippen LogP contribution < -0.4 is 4.74 Å². The molecule has 0 unspecified atom stereocenters. The van der Waals surface area contributed by atoms with Crippen molar-refractivity contribution >= 4 is 15.9 Å². The molecule has 0 bridgehead atoms. The molecule has 3 rings (SSSR count). The molecule has 5 heteroatoms. The lowest BCUT2D eigenvalue weighted by atomic mass is 9.94. The normalized spacial score (nSPS) is 13.5. The summed E-state index contributed by atoms with van der Waals surface area (Å²) in [5.41, 5.74) is 3.53. The summed E-state index contributed by atoms with van der Waals surface area (Å²) in [6, 6.07) is 6.21. The minimum Gasteiger partial charge on any atom is -0.493 e. The number of fused-ring (bicyclic) bond motifs is 1. The van der Waals surface area contributed by atoms with Gasteiger partial charge in [0.15, 0.2) is 0 Å². The fourth-order valence-electron chi connectivity index (χ4n) is 2.48. The zero-order valence-electron chi connectivity index (χ0n) is 10.5. The van der Waals surface area contributed by atoms with Crippen molar-refractivity contribution in [2.75, 3.05) is 6.61 Å². The molecular formula is C14H12BrN3O. The molecule has 4 nitrogen and oxygen atoms in total. The van der Waals surface area contributed by atoms with Crippen molar-refractivity contribution < 1.29 is 4.74 Å². The molecule has 1 aliphatic heterocycles.